The highest BCUT2D eigenvalue weighted by molar-refractivity contribution is 5.75. The Morgan fingerprint density at radius 3 is 2.80 bits per heavy atom. The zero-order chi connectivity index (χ0) is 7.98. The summed E-state index contributed by atoms with van der Waals surface area (Å²) in [5, 5.41) is 11.0. The van der Waals surface area contributed by atoms with Crippen molar-refractivity contribution in [2.24, 2.45) is 0 Å². The number of hydrogen-bond donors (Lipinski definition) is 2. The molecule has 2 N–H and O–H groups in total. The summed E-state index contributed by atoms with van der Waals surface area (Å²) in [6.45, 7) is 1.71. The summed E-state index contributed by atoms with van der Waals surface area (Å²) in [6, 6.07) is 0. The van der Waals surface area contributed by atoms with Gasteiger partial charge in [-0.2, -0.15) is 0 Å². The van der Waals surface area contributed by atoms with Crippen LogP contribution in [0.15, 0.2) is 0 Å². The fourth-order valence-electron chi connectivity index (χ4n) is 0.392. The SMILES string of the molecule is CCC(=O)NCC(O)C=O. The summed E-state index contributed by atoms with van der Waals surface area (Å²) in [5.41, 5.74) is 0. The van der Waals surface area contributed by atoms with Crippen molar-refractivity contribution in [3.05, 3.63) is 0 Å². The normalized spacial score (nSPS) is 12.2. The first-order valence-corrected chi connectivity index (χ1v) is 3.10. The Labute approximate surface area is 59.2 Å². The molecule has 1 atom stereocenters. The van der Waals surface area contributed by atoms with Crippen LogP contribution in [0.3, 0.4) is 0 Å². The standard InChI is InChI=1S/C6H11NO3/c1-2-6(10)7-3-5(9)4-8/h4-5,9H,2-3H2,1H3,(H,7,10). The largest absolute Gasteiger partial charge is 0.384 e. The van der Waals surface area contributed by atoms with E-state index in [1.807, 2.05) is 0 Å². The number of rotatable bonds is 4. The van der Waals surface area contributed by atoms with Crippen molar-refractivity contribution >= 4 is 12.2 Å². The molecule has 1 amide bonds. The number of aldehydes is 1. The fourth-order valence-corrected chi connectivity index (χ4v) is 0.392. The van der Waals surface area contributed by atoms with E-state index in [0.29, 0.717) is 12.7 Å². The highest BCUT2D eigenvalue weighted by Crippen LogP contribution is 1.76. The highest BCUT2D eigenvalue weighted by atomic mass is 16.3. The average molecular weight is 145 g/mol. The number of amides is 1. The molecule has 0 spiro atoms. The third-order valence-corrected chi connectivity index (χ3v) is 0.987. The molecule has 0 aliphatic rings. The Hall–Kier alpha value is -0.900. The van der Waals surface area contributed by atoms with Gasteiger partial charge in [0.1, 0.15) is 12.4 Å². The molecule has 0 aliphatic carbocycles. The number of carbonyl (C=O) groups is 2. The molecule has 0 aliphatic heterocycles. The molecule has 0 aromatic heterocycles. The van der Waals surface area contributed by atoms with E-state index >= 15 is 0 Å². The predicted molar refractivity (Wildman–Crippen MR) is 35.4 cm³/mol. The Morgan fingerprint density at radius 1 is 1.80 bits per heavy atom. The van der Waals surface area contributed by atoms with Crippen LogP contribution >= 0.6 is 0 Å². The van der Waals surface area contributed by atoms with E-state index in [9.17, 15) is 9.59 Å². The molecule has 0 bridgehead atoms. The minimum Gasteiger partial charge on any atom is -0.384 e. The van der Waals surface area contributed by atoms with Crippen molar-refractivity contribution in [2.75, 3.05) is 6.54 Å². The topological polar surface area (TPSA) is 66.4 Å². The van der Waals surface area contributed by atoms with Crippen LogP contribution in [0.5, 0.6) is 0 Å². The Balaban J connectivity index is 3.34. The van der Waals surface area contributed by atoms with Crippen LogP contribution in [0.25, 0.3) is 0 Å². The summed E-state index contributed by atoms with van der Waals surface area (Å²) in [5.74, 6) is -0.166. The molecule has 0 radical (unpaired) electrons. The number of nitrogens with one attached hydrogen (secondary N) is 1. The minimum atomic E-state index is -1.07. The van der Waals surface area contributed by atoms with Gasteiger partial charge in [-0.05, 0) is 0 Å². The Morgan fingerprint density at radius 2 is 2.40 bits per heavy atom. The van der Waals surface area contributed by atoms with E-state index < -0.39 is 6.10 Å². The van der Waals surface area contributed by atoms with E-state index in [-0.39, 0.29) is 12.5 Å². The van der Waals surface area contributed by atoms with Crippen LogP contribution in [0.4, 0.5) is 0 Å². The minimum absolute atomic E-state index is 0.0101. The molecule has 0 heterocycles. The van der Waals surface area contributed by atoms with E-state index in [4.69, 9.17) is 5.11 Å². The van der Waals surface area contributed by atoms with Gasteiger partial charge in [-0.15, -0.1) is 0 Å². The molecular weight excluding hydrogens is 134 g/mol. The van der Waals surface area contributed by atoms with Crippen molar-refractivity contribution in [1.29, 1.82) is 0 Å². The van der Waals surface area contributed by atoms with E-state index in [2.05, 4.69) is 5.32 Å². The van der Waals surface area contributed by atoms with Gasteiger partial charge in [0.05, 0.1) is 6.54 Å². The smallest absolute Gasteiger partial charge is 0.219 e. The first kappa shape index (κ1) is 9.10. The summed E-state index contributed by atoms with van der Waals surface area (Å²) in [4.78, 5) is 20.3. The van der Waals surface area contributed by atoms with Gasteiger partial charge in [0, 0.05) is 6.42 Å². The van der Waals surface area contributed by atoms with Gasteiger partial charge in [-0.25, -0.2) is 0 Å². The Bertz CT molecular complexity index is 124. The second-order valence-corrected chi connectivity index (χ2v) is 1.86. The van der Waals surface area contributed by atoms with E-state index in [1.54, 1.807) is 6.92 Å². The van der Waals surface area contributed by atoms with Crippen LogP contribution in [0, 0.1) is 0 Å². The molecule has 0 rings (SSSR count). The molecule has 10 heavy (non-hydrogen) atoms. The lowest BCUT2D eigenvalue weighted by Gasteiger charge is -2.03. The lowest BCUT2D eigenvalue weighted by molar-refractivity contribution is -0.121. The van der Waals surface area contributed by atoms with Crippen LogP contribution in [-0.2, 0) is 9.59 Å². The maximum atomic E-state index is 10.5. The average Bonchev–Trinajstić information content (AvgIpc) is 1.99. The summed E-state index contributed by atoms with van der Waals surface area (Å²) in [6.07, 6.45) is -0.322. The quantitative estimate of drug-likeness (QED) is 0.502. The van der Waals surface area contributed by atoms with Crippen molar-refractivity contribution in [3.63, 3.8) is 0 Å². The zero-order valence-electron chi connectivity index (χ0n) is 5.83. The van der Waals surface area contributed by atoms with Gasteiger partial charge in [-0.1, -0.05) is 6.92 Å². The zero-order valence-corrected chi connectivity index (χ0v) is 5.83. The molecule has 0 fully saturated rings. The molecule has 58 valence electrons. The van der Waals surface area contributed by atoms with Crippen molar-refractivity contribution in [3.8, 4) is 0 Å². The second kappa shape index (κ2) is 4.93. The van der Waals surface area contributed by atoms with Crippen molar-refractivity contribution in [2.45, 2.75) is 19.4 Å². The lowest BCUT2D eigenvalue weighted by Crippen LogP contribution is -2.32. The van der Waals surface area contributed by atoms with Crippen molar-refractivity contribution in [1.82, 2.24) is 5.32 Å². The summed E-state index contributed by atoms with van der Waals surface area (Å²) < 4.78 is 0. The lowest BCUT2D eigenvalue weighted by atomic mass is 10.4. The molecule has 4 heteroatoms. The van der Waals surface area contributed by atoms with Crippen LogP contribution < -0.4 is 5.32 Å². The molecule has 4 nitrogen and oxygen atoms in total. The molecular formula is C6H11NO3. The third-order valence-electron chi connectivity index (χ3n) is 0.987. The molecule has 0 aromatic carbocycles. The molecule has 0 aromatic rings. The Kier molecular flexibility index (Phi) is 4.49. The maximum absolute atomic E-state index is 10.5. The predicted octanol–water partition coefficient (Wildman–Crippen LogP) is -0.928. The van der Waals surface area contributed by atoms with Gasteiger partial charge >= 0.3 is 0 Å². The van der Waals surface area contributed by atoms with E-state index in [1.165, 1.54) is 0 Å². The second-order valence-electron chi connectivity index (χ2n) is 1.86. The van der Waals surface area contributed by atoms with Crippen LogP contribution in [0.1, 0.15) is 13.3 Å². The first-order valence-electron chi connectivity index (χ1n) is 3.10. The molecule has 1 unspecified atom stereocenters. The van der Waals surface area contributed by atoms with Gasteiger partial charge in [0.25, 0.3) is 0 Å². The van der Waals surface area contributed by atoms with Gasteiger partial charge in [0.15, 0.2) is 0 Å². The number of aliphatic hydroxyl groups is 1. The molecule has 0 saturated carbocycles. The van der Waals surface area contributed by atoms with Gasteiger partial charge < -0.3 is 15.2 Å². The number of carbonyl (C=O) groups excluding carboxylic acids is 2. The maximum Gasteiger partial charge on any atom is 0.219 e. The highest BCUT2D eigenvalue weighted by Gasteiger charge is 2.02. The van der Waals surface area contributed by atoms with Crippen LogP contribution in [-0.4, -0.2) is 29.9 Å². The summed E-state index contributed by atoms with van der Waals surface area (Å²) >= 11 is 0. The van der Waals surface area contributed by atoms with E-state index in [0.717, 1.165) is 0 Å². The monoisotopic (exact) mass is 145 g/mol. The van der Waals surface area contributed by atoms with Gasteiger partial charge in [0.2, 0.25) is 5.91 Å². The number of hydrogen-bond acceptors (Lipinski definition) is 3. The fraction of sp³-hybridized carbons (Fsp3) is 0.667. The summed E-state index contributed by atoms with van der Waals surface area (Å²) in [7, 11) is 0. The van der Waals surface area contributed by atoms with Crippen molar-refractivity contribution < 1.29 is 14.7 Å². The van der Waals surface area contributed by atoms with Gasteiger partial charge in [-0.3, -0.25) is 4.79 Å². The first-order chi connectivity index (χ1) is 4.70. The molecule has 0 saturated heterocycles. The number of aliphatic hydroxyl groups excluding tert-OH is 1. The third kappa shape index (κ3) is 4.03. The van der Waals surface area contributed by atoms with Crippen LogP contribution in [0.2, 0.25) is 0 Å².